The van der Waals surface area contributed by atoms with Crippen molar-refractivity contribution in [3.8, 4) is 0 Å². The van der Waals surface area contributed by atoms with E-state index in [4.69, 9.17) is 11.6 Å². The number of nitrogens with zero attached hydrogens (tertiary/aromatic N) is 2. The SMILES string of the molecule is Cc1ccccc1/C=N\Nc1ccc([N+](=O)[O-])cc1S(=O)(=O)Nc1ccc(Cl)cc1. The molecule has 3 aromatic rings. The lowest BCUT2D eigenvalue weighted by molar-refractivity contribution is -0.385. The number of non-ortho nitro benzene ring substituents is 1. The molecule has 0 amide bonds. The highest BCUT2D eigenvalue weighted by molar-refractivity contribution is 7.92. The monoisotopic (exact) mass is 444 g/mol. The molecule has 30 heavy (non-hydrogen) atoms. The summed E-state index contributed by atoms with van der Waals surface area (Å²) in [6.45, 7) is 1.92. The van der Waals surface area contributed by atoms with Gasteiger partial charge < -0.3 is 0 Å². The molecule has 3 aromatic carbocycles. The Morgan fingerprint density at radius 2 is 1.77 bits per heavy atom. The molecule has 0 spiro atoms. The first-order valence-corrected chi connectivity index (χ1v) is 10.5. The molecule has 0 aliphatic carbocycles. The molecule has 154 valence electrons. The van der Waals surface area contributed by atoms with Crippen LogP contribution < -0.4 is 10.1 Å². The van der Waals surface area contributed by atoms with E-state index in [9.17, 15) is 18.5 Å². The number of nitro benzene ring substituents is 1. The van der Waals surface area contributed by atoms with Gasteiger partial charge in [0.1, 0.15) is 4.90 Å². The average molecular weight is 445 g/mol. The Balaban J connectivity index is 1.94. The molecule has 0 saturated heterocycles. The topological polar surface area (TPSA) is 114 Å². The highest BCUT2D eigenvalue weighted by Crippen LogP contribution is 2.28. The summed E-state index contributed by atoms with van der Waals surface area (Å²) in [6.07, 6.45) is 1.54. The Morgan fingerprint density at radius 3 is 2.43 bits per heavy atom. The highest BCUT2D eigenvalue weighted by atomic mass is 35.5. The highest BCUT2D eigenvalue weighted by Gasteiger charge is 2.22. The number of nitro groups is 1. The van der Waals surface area contributed by atoms with Crippen LogP contribution in [0.5, 0.6) is 0 Å². The number of sulfonamides is 1. The number of hydrazone groups is 1. The Morgan fingerprint density at radius 1 is 1.07 bits per heavy atom. The summed E-state index contributed by atoms with van der Waals surface area (Å²) in [5.41, 5.74) is 4.49. The summed E-state index contributed by atoms with van der Waals surface area (Å²) in [5.74, 6) is 0. The Kier molecular flexibility index (Phi) is 6.34. The number of anilines is 2. The minimum absolute atomic E-state index is 0.0897. The lowest BCUT2D eigenvalue weighted by Crippen LogP contribution is -2.15. The molecular weight excluding hydrogens is 428 g/mol. The lowest BCUT2D eigenvalue weighted by atomic mass is 10.1. The van der Waals surface area contributed by atoms with Crippen molar-refractivity contribution >= 4 is 44.9 Å². The van der Waals surface area contributed by atoms with Crippen molar-refractivity contribution in [2.45, 2.75) is 11.8 Å². The number of aryl methyl sites for hydroxylation is 1. The van der Waals surface area contributed by atoms with E-state index < -0.39 is 14.9 Å². The van der Waals surface area contributed by atoms with Gasteiger partial charge in [0.25, 0.3) is 15.7 Å². The van der Waals surface area contributed by atoms with Gasteiger partial charge in [-0.2, -0.15) is 5.10 Å². The van der Waals surface area contributed by atoms with Crippen LogP contribution in [0.1, 0.15) is 11.1 Å². The summed E-state index contributed by atoms with van der Waals surface area (Å²) >= 11 is 5.82. The second-order valence-corrected chi connectivity index (χ2v) is 8.36. The van der Waals surface area contributed by atoms with Crippen molar-refractivity contribution < 1.29 is 13.3 Å². The second-order valence-electron chi connectivity index (χ2n) is 6.28. The van der Waals surface area contributed by atoms with E-state index in [0.717, 1.165) is 17.2 Å². The van der Waals surface area contributed by atoms with Crippen LogP contribution >= 0.6 is 11.6 Å². The maximum Gasteiger partial charge on any atom is 0.270 e. The van der Waals surface area contributed by atoms with Crippen LogP contribution in [0.4, 0.5) is 17.1 Å². The molecule has 0 saturated carbocycles. The molecule has 0 unspecified atom stereocenters. The molecule has 0 radical (unpaired) electrons. The summed E-state index contributed by atoms with van der Waals surface area (Å²) < 4.78 is 28.2. The maximum absolute atomic E-state index is 12.9. The molecule has 0 aliphatic heterocycles. The van der Waals surface area contributed by atoms with Gasteiger partial charge in [0.15, 0.2) is 0 Å². The smallest absolute Gasteiger partial charge is 0.270 e. The number of hydrogen-bond donors (Lipinski definition) is 2. The van der Waals surface area contributed by atoms with Crippen LogP contribution in [-0.4, -0.2) is 19.6 Å². The molecule has 2 N–H and O–H groups in total. The first-order valence-electron chi connectivity index (χ1n) is 8.68. The third-order valence-corrected chi connectivity index (χ3v) is 5.81. The third-order valence-electron chi connectivity index (χ3n) is 4.14. The molecule has 8 nitrogen and oxygen atoms in total. The van der Waals surface area contributed by atoms with Crippen LogP contribution in [0.3, 0.4) is 0 Å². The fourth-order valence-corrected chi connectivity index (χ4v) is 3.93. The largest absolute Gasteiger partial charge is 0.280 e. The Labute approximate surface area is 178 Å². The van der Waals surface area contributed by atoms with Crippen LogP contribution in [0, 0.1) is 17.0 Å². The van der Waals surface area contributed by atoms with Gasteiger partial charge in [0.2, 0.25) is 0 Å². The molecule has 0 atom stereocenters. The van der Waals surface area contributed by atoms with Crippen molar-refractivity contribution in [1.29, 1.82) is 0 Å². The molecule has 0 fully saturated rings. The molecule has 0 bridgehead atoms. The minimum Gasteiger partial charge on any atom is -0.280 e. The second kappa shape index (κ2) is 8.93. The zero-order valence-electron chi connectivity index (χ0n) is 15.7. The molecule has 0 aromatic heterocycles. The number of hydrogen-bond acceptors (Lipinski definition) is 6. The van der Waals surface area contributed by atoms with Crippen LogP contribution in [0.2, 0.25) is 5.02 Å². The number of nitrogens with one attached hydrogen (secondary N) is 2. The van der Waals surface area contributed by atoms with Crippen molar-refractivity contribution in [3.05, 3.63) is 93.0 Å². The predicted molar refractivity (Wildman–Crippen MR) is 118 cm³/mol. The molecule has 0 heterocycles. The zero-order valence-corrected chi connectivity index (χ0v) is 17.3. The van der Waals surface area contributed by atoms with Crippen LogP contribution in [0.25, 0.3) is 0 Å². The molecule has 10 heteroatoms. The normalized spacial score (nSPS) is 11.4. The van der Waals surface area contributed by atoms with E-state index in [2.05, 4.69) is 15.2 Å². The van der Waals surface area contributed by atoms with Gasteiger partial charge in [0.05, 0.1) is 16.8 Å². The summed E-state index contributed by atoms with van der Waals surface area (Å²) in [7, 11) is -4.15. The minimum atomic E-state index is -4.15. The number of benzene rings is 3. The molecular formula is C20H17ClN4O4S. The van der Waals surface area contributed by atoms with Crippen molar-refractivity contribution in [2.75, 3.05) is 10.1 Å². The Bertz CT molecular complexity index is 1210. The first kappa shape index (κ1) is 21.3. The average Bonchev–Trinajstić information content (AvgIpc) is 2.71. The van der Waals surface area contributed by atoms with Crippen LogP contribution in [0.15, 0.2) is 76.7 Å². The fraction of sp³-hybridized carbons (Fsp3) is 0.0500. The summed E-state index contributed by atoms with van der Waals surface area (Å²) in [6, 6.07) is 17.0. The molecule has 3 rings (SSSR count). The quantitative estimate of drug-likeness (QED) is 0.308. The van der Waals surface area contributed by atoms with Gasteiger partial charge in [0, 0.05) is 22.8 Å². The summed E-state index contributed by atoms with van der Waals surface area (Å²) in [4.78, 5) is 10.2. The van der Waals surface area contributed by atoms with Gasteiger partial charge in [-0.25, -0.2) is 8.42 Å². The van der Waals surface area contributed by atoms with E-state index >= 15 is 0 Å². The van der Waals surface area contributed by atoms with Gasteiger partial charge >= 0.3 is 0 Å². The van der Waals surface area contributed by atoms with E-state index in [0.29, 0.717) is 5.02 Å². The number of halogens is 1. The van der Waals surface area contributed by atoms with Crippen LogP contribution in [-0.2, 0) is 10.0 Å². The standard InChI is InChI=1S/C20H17ClN4O4S/c1-14-4-2-3-5-15(14)13-22-23-19-11-10-18(25(26)27)12-20(19)30(28,29)24-17-8-6-16(21)7-9-17/h2-13,23-24H,1H3/b22-13-. The van der Waals surface area contributed by atoms with E-state index in [-0.39, 0.29) is 22.0 Å². The fourth-order valence-electron chi connectivity index (χ4n) is 2.57. The van der Waals surface area contributed by atoms with E-state index in [1.165, 1.54) is 36.4 Å². The zero-order chi connectivity index (χ0) is 21.7. The van der Waals surface area contributed by atoms with Gasteiger partial charge in [-0.3, -0.25) is 20.3 Å². The lowest BCUT2D eigenvalue weighted by Gasteiger charge is -2.12. The van der Waals surface area contributed by atoms with Crippen molar-refractivity contribution in [3.63, 3.8) is 0 Å². The van der Waals surface area contributed by atoms with Crippen molar-refractivity contribution in [2.24, 2.45) is 5.10 Å². The first-order chi connectivity index (χ1) is 14.3. The maximum atomic E-state index is 12.9. The van der Waals surface area contributed by atoms with Crippen molar-refractivity contribution in [1.82, 2.24) is 0 Å². The Hall–Kier alpha value is -3.43. The van der Waals surface area contributed by atoms with Gasteiger partial charge in [-0.1, -0.05) is 35.9 Å². The summed E-state index contributed by atoms with van der Waals surface area (Å²) in [5, 5.41) is 15.7. The van der Waals surface area contributed by atoms with E-state index in [1.807, 2.05) is 31.2 Å². The van der Waals surface area contributed by atoms with E-state index in [1.54, 1.807) is 6.21 Å². The predicted octanol–water partition coefficient (Wildman–Crippen LogP) is 4.80. The third kappa shape index (κ3) is 5.13. The van der Waals surface area contributed by atoms with Gasteiger partial charge in [-0.05, 0) is 48.4 Å². The molecule has 0 aliphatic rings. The number of rotatable bonds is 7. The van der Waals surface area contributed by atoms with Gasteiger partial charge in [-0.15, -0.1) is 0 Å².